The van der Waals surface area contributed by atoms with Crippen molar-refractivity contribution in [3.8, 4) is 0 Å². The lowest BCUT2D eigenvalue weighted by Gasteiger charge is -2.33. The molecule has 1 saturated heterocycles. The van der Waals surface area contributed by atoms with Crippen LogP contribution in [0.5, 0.6) is 0 Å². The van der Waals surface area contributed by atoms with Crippen LogP contribution in [0.4, 0.5) is 0 Å². The highest BCUT2D eigenvalue weighted by Gasteiger charge is 2.33. The Bertz CT molecular complexity index is 680. The van der Waals surface area contributed by atoms with Gasteiger partial charge in [-0.15, -0.1) is 0 Å². The Morgan fingerprint density at radius 2 is 2.24 bits per heavy atom. The van der Waals surface area contributed by atoms with Crippen LogP contribution in [0.2, 0.25) is 0 Å². The normalized spacial score (nSPS) is 18.7. The molecule has 3 rings (SSSR count). The van der Waals surface area contributed by atoms with Gasteiger partial charge in [-0.05, 0) is 37.5 Å². The molecule has 2 aromatic rings. The number of benzene rings is 1. The van der Waals surface area contributed by atoms with Gasteiger partial charge in [-0.3, -0.25) is 4.79 Å². The third-order valence-corrected chi connectivity index (χ3v) is 3.90. The van der Waals surface area contributed by atoms with E-state index in [-0.39, 0.29) is 11.9 Å². The number of H-pyrrole nitrogens is 1. The van der Waals surface area contributed by atoms with E-state index < -0.39 is 6.04 Å². The number of nitrogens with one attached hydrogen (secondary N) is 1. The zero-order valence-corrected chi connectivity index (χ0v) is 11.8. The molecule has 6 heteroatoms. The van der Waals surface area contributed by atoms with Gasteiger partial charge in [-0.2, -0.15) is 0 Å². The maximum absolute atomic E-state index is 12.7. The van der Waals surface area contributed by atoms with Crippen molar-refractivity contribution >= 4 is 22.9 Å². The van der Waals surface area contributed by atoms with Gasteiger partial charge in [-0.1, -0.05) is 0 Å². The number of carbonyl (C=O) groups excluding carboxylic acids is 2. The average Bonchev–Trinajstić information content (AvgIpc) is 3.01. The highest BCUT2D eigenvalue weighted by atomic mass is 16.5. The van der Waals surface area contributed by atoms with Crippen molar-refractivity contribution in [2.24, 2.45) is 0 Å². The molecule has 0 saturated carbocycles. The Balaban J connectivity index is 1.89. The van der Waals surface area contributed by atoms with Gasteiger partial charge in [-0.25, -0.2) is 9.78 Å². The fraction of sp³-hybridized carbons (Fsp3) is 0.400. The smallest absolute Gasteiger partial charge is 0.328 e. The van der Waals surface area contributed by atoms with Crippen LogP contribution in [0.15, 0.2) is 24.5 Å². The van der Waals surface area contributed by atoms with Crippen LogP contribution in [0.1, 0.15) is 29.6 Å². The van der Waals surface area contributed by atoms with Crippen molar-refractivity contribution in [1.29, 1.82) is 0 Å². The molecule has 1 aromatic heterocycles. The molecule has 0 bridgehead atoms. The van der Waals surface area contributed by atoms with Crippen LogP contribution in [0, 0.1) is 0 Å². The molecule has 1 unspecified atom stereocenters. The number of esters is 1. The van der Waals surface area contributed by atoms with Crippen LogP contribution in [0.3, 0.4) is 0 Å². The van der Waals surface area contributed by atoms with Crippen molar-refractivity contribution in [2.45, 2.75) is 25.3 Å². The third-order valence-electron chi connectivity index (χ3n) is 3.90. The molecule has 110 valence electrons. The molecule has 1 amide bonds. The maximum Gasteiger partial charge on any atom is 0.328 e. The number of nitrogens with zero attached hydrogens (tertiary/aromatic N) is 2. The van der Waals surface area contributed by atoms with E-state index in [1.54, 1.807) is 29.4 Å². The second-order valence-electron chi connectivity index (χ2n) is 5.17. The lowest BCUT2D eigenvalue weighted by atomic mass is 10.0. The number of hydrogen-bond acceptors (Lipinski definition) is 4. The lowest BCUT2D eigenvalue weighted by Crippen LogP contribution is -2.48. The molecule has 0 radical (unpaired) electrons. The Hall–Kier alpha value is -2.37. The number of hydrogen-bond donors (Lipinski definition) is 1. The number of carbonyl (C=O) groups is 2. The highest BCUT2D eigenvalue weighted by molar-refractivity contribution is 5.99. The van der Waals surface area contributed by atoms with Gasteiger partial charge >= 0.3 is 5.97 Å². The van der Waals surface area contributed by atoms with Gasteiger partial charge in [0.05, 0.1) is 24.5 Å². The predicted octanol–water partition coefficient (Wildman–Crippen LogP) is 1.73. The summed E-state index contributed by atoms with van der Waals surface area (Å²) in [6.07, 6.45) is 4.09. The standard InChI is InChI=1S/C15H17N3O3/c1-21-15(20)13-4-2-3-7-18(13)14(19)10-5-6-11-12(8-10)17-9-16-11/h5-6,8-9,13H,2-4,7H2,1H3,(H,16,17). The minimum atomic E-state index is -0.478. The summed E-state index contributed by atoms with van der Waals surface area (Å²) in [6, 6.07) is 4.84. The van der Waals surface area contributed by atoms with Gasteiger partial charge in [0.1, 0.15) is 6.04 Å². The number of piperidine rings is 1. The number of fused-ring (bicyclic) bond motifs is 1. The van der Waals surface area contributed by atoms with Gasteiger partial charge < -0.3 is 14.6 Å². The first-order valence-electron chi connectivity index (χ1n) is 7.02. The second-order valence-corrected chi connectivity index (χ2v) is 5.17. The molecule has 1 fully saturated rings. The van der Waals surface area contributed by atoms with Crippen LogP contribution < -0.4 is 0 Å². The van der Waals surface area contributed by atoms with Crippen LogP contribution in [-0.2, 0) is 9.53 Å². The monoisotopic (exact) mass is 287 g/mol. The number of likely N-dealkylation sites (tertiary alicyclic amines) is 1. The summed E-state index contributed by atoms with van der Waals surface area (Å²) in [5, 5.41) is 0. The largest absolute Gasteiger partial charge is 0.467 e. The van der Waals surface area contributed by atoms with E-state index in [1.807, 2.05) is 0 Å². The van der Waals surface area contributed by atoms with Crippen LogP contribution in [-0.4, -0.2) is 46.4 Å². The number of rotatable bonds is 2. The number of ether oxygens (including phenoxy) is 1. The van der Waals surface area contributed by atoms with Crippen molar-refractivity contribution < 1.29 is 14.3 Å². The molecule has 0 spiro atoms. The maximum atomic E-state index is 12.7. The van der Waals surface area contributed by atoms with E-state index in [0.29, 0.717) is 18.5 Å². The molecule has 6 nitrogen and oxygen atoms in total. The molecule has 0 aliphatic carbocycles. The summed E-state index contributed by atoms with van der Waals surface area (Å²) in [5.41, 5.74) is 2.18. The van der Waals surface area contributed by atoms with E-state index in [4.69, 9.17) is 4.74 Å². The molecule has 1 atom stereocenters. The molecule has 21 heavy (non-hydrogen) atoms. The average molecular weight is 287 g/mol. The van der Waals surface area contributed by atoms with E-state index in [9.17, 15) is 9.59 Å². The number of amides is 1. The van der Waals surface area contributed by atoms with Gasteiger partial charge in [0.25, 0.3) is 5.91 Å². The zero-order valence-electron chi connectivity index (χ0n) is 11.8. The van der Waals surface area contributed by atoms with Gasteiger partial charge in [0, 0.05) is 12.1 Å². The first kappa shape index (κ1) is 13.6. The van der Waals surface area contributed by atoms with Crippen molar-refractivity contribution in [3.63, 3.8) is 0 Å². The Morgan fingerprint density at radius 3 is 3.05 bits per heavy atom. The number of aromatic nitrogens is 2. The van der Waals surface area contributed by atoms with Crippen LogP contribution in [0.25, 0.3) is 11.0 Å². The predicted molar refractivity (Wildman–Crippen MR) is 76.8 cm³/mol. The van der Waals surface area contributed by atoms with Crippen molar-refractivity contribution in [3.05, 3.63) is 30.1 Å². The van der Waals surface area contributed by atoms with E-state index in [0.717, 1.165) is 23.9 Å². The first-order chi connectivity index (χ1) is 10.2. The van der Waals surface area contributed by atoms with Crippen LogP contribution >= 0.6 is 0 Å². The second kappa shape index (κ2) is 5.55. The molecule has 1 aliphatic rings. The Labute approximate surface area is 122 Å². The third kappa shape index (κ3) is 2.49. The zero-order chi connectivity index (χ0) is 14.8. The Morgan fingerprint density at radius 1 is 1.38 bits per heavy atom. The molecule has 2 heterocycles. The summed E-state index contributed by atoms with van der Waals surface area (Å²) < 4.78 is 4.81. The van der Waals surface area contributed by atoms with E-state index >= 15 is 0 Å². The fourth-order valence-corrected chi connectivity index (χ4v) is 2.79. The topological polar surface area (TPSA) is 75.3 Å². The van der Waals surface area contributed by atoms with E-state index in [2.05, 4.69) is 9.97 Å². The van der Waals surface area contributed by atoms with E-state index in [1.165, 1.54) is 7.11 Å². The number of imidazole rings is 1. The summed E-state index contributed by atoms with van der Waals surface area (Å²) in [7, 11) is 1.36. The molecule has 1 aromatic carbocycles. The summed E-state index contributed by atoms with van der Waals surface area (Å²) in [5.74, 6) is -0.479. The summed E-state index contributed by atoms with van der Waals surface area (Å²) in [6.45, 7) is 0.583. The highest BCUT2D eigenvalue weighted by Crippen LogP contribution is 2.22. The molecular weight excluding hydrogens is 270 g/mol. The summed E-state index contributed by atoms with van der Waals surface area (Å²) in [4.78, 5) is 33.3. The van der Waals surface area contributed by atoms with Crippen molar-refractivity contribution in [2.75, 3.05) is 13.7 Å². The van der Waals surface area contributed by atoms with Crippen molar-refractivity contribution in [1.82, 2.24) is 14.9 Å². The first-order valence-corrected chi connectivity index (χ1v) is 7.02. The SMILES string of the molecule is COC(=O)C1CCCCN1C(=O)c1ccc2nc[nH]c2c1. The summed E-state index contributed by atoms with van der Waals surface area (Å²) >= 11 is 0. The number of methoxy groups -OCH3 is 1. The minimum absolute atomic E-state index is 0.137. The lowest BCUT2D eigenvalue weighted by molar-refractivity contribution is -0.147. The molecular formula is C15H17N3O3. The molecule has 1 N–H and O–H groups in total. The molecule has 1 aliphatic heterocycles. The Kier molecular flexibility index (Phi) is 3.60. The van der Waals surface area contributed by atoms with Gasteiger partial charge in [0.15, 0.2) is 0 Å². The quantitative estimate of drug-likeness (QED) is 0.854. The fourth-order valence-electron chi connectivity index (χ4n) is 2.79. The minimum Gasteiger partial charge on any atom is -0.467 e. The van der Waals surface area contributed by atoms with Gasteiger partial charge in [0.2, 0.25) is 0 Å². The number of aromatic amines is 1.